The maximum atomic E-state index is 12.7. The maximum Gasteiger partial charge on any atom is 0.306 e. The van der Waals surface area contributed by atoms with E-state index in [0.717, 1.165) is 69.6 Å². The molecule has 0 aliphatic rings. The Hall–Kier alpha value is -1.59. The topological polar surface area (TPSA) is 78.9 Å². The van der Waals surface area contributed by atoms with Crippen LogP contribution >= 0.6 is 0 Å². The number of ether oxygens (including phenoxy) is 3. The highest BCUT2D eigenvalue weighted by Gasteiger charge is 2.19. The Labute approximate surface area is 355 Å². The summed E-state index contributed by atoms with van der Waals surface area (Å²) in [6.07, 6.45) is 43.8. The van der Waals surface area contributed by atoms with Crippen molar-refractivity contribution in [3.63, 3.8) is 0 Å². The number of rotatable bonds is 45. The van der Waals surface area contributed by atoms with E-state index in [1.165, 1.54) is 167 Å². The van der Waals surface area contributed by atoms with Gasteiger partial charge >= 0.3 is 17.9 Å². The third-order valence-electron chi connectivity index (χ3n) is 11.5. The van der Waals surface area contributed by atoms with E-state index >= 15 is 0 Å². The molecule has 0 heterocycles. The van der Waals surface area contributed by atoms with Gasteiger partial charge in [0, 0.05) is 19.3 Å². The fraction of sp³-hybridized carbons (Fsp3) is 0.941. The number of unbranched alkanes of at least 4 members (excludes halogenated alkanes) is 30. The number of carbonyl (C=O) groups is 3. The van der Waals surface area contributed by atoms with Crippen molar-refractivity contribution in [3.8, 4) is 0 Å². The van der Waals surface area contributed by atoms with Crippen LogP contribution in [0.25, 0.3) is 0 Å². The number of esters is 3. The van der Waals surface area contributed by atoms with Crippen LogP contribution in [-0.2, 0) is 28.6 Å². The van der Waals surface area contributed by atoms with Gasteiger partial charge in [0.15, 0.2) is 6.10 Å². The molecule has 6 nitrogen and oxygen atoms in total. The molecule has 338 valence electrons. The lowest BCUT2D eigenvalue weighted by Gasteiger charge is -2.18. The molecule has 0 saturated heterocycles. The largest absolute Gasteiger partial charge is 0.462 e. The number of hydrogen-bond acceptors (Lipinski definition) is 6. The molecule has 0 rings (SSSR count). The average Bonchev–Trinajstić information content (AvgIpc) is 3.18. The summed E-state index contributed by atoms with van der Waals surface area (Å²) in [6, 6.07) is 0. The van der Waals surface area contributed by atoms with Gasteiger partial charge in [-0.25, -0.2) is 0 Å². The Balaban J connectivity index is 4.27. The van der Waals surface area contributed by atoms with Gasteiger partial charge < -0.3 is 14.2 Å². The fourth-order valence-electron chi connectivity index (χ4n) is 7.64. The van der Waals surface area contributed by atoms with Crippen molar-refractivity contribution in [2.75, 3.05) is 13.2 Å². The van der Waals surface area contributed by atoms with Crippen LogP contribution in [0.3, 0.4) is 0 Å². The minimum absolute atomic E-state index is 0.0645. The standard InChI is InChI=1S/C51H98O6/c1-6-7-8-9-10-11-12-14-18-21-26-31-36-41-49(52)55-44-48(57-51(54)43-38-33-28-23-25-30-35-40-47(4)5)45-56-50(53)42-37-32-27-22-19-16-13-15-17-20-24-29-34-39-46(2)3/h46-48H,6-45H2,1-5H3/t48-/m0/s1. The molecule has 0 unspecified atom stereocenters. The minimum Gasteiger partial charge on any atom is -0.462 e. The van der Waals surface area contributed by atoms with Crippen LogP contribution in [-0.4, -0.2) is 37.2 Å². The van der Waals surface area contributed by atoms with Gasteiger partial charge in [0.2, 0.25) is 0 Å². The smallest absolute Gasteiger partial charge is 0.306 e. The molecular formula is C51H98O6. The van der Waals surface area contributed by atoms with Gasteiger partial charge in [0.05, 0.1) is 0 Å². The van der Waals surface area contributed by atoms with Gasteiger partial charge in [-0.15, -0.1) is 0 Å². The van der Waals surface area contributed by atoms with Crippen LogP contribution in [0.4, 0.5) is 0 Å². The molecule has 0 aliphatic heterocycles. The molecule has 0 radical (unpaired) electrons. The second-order valence-corrected chi connectivity index (χ2v) is 18.4. The van der Waals surface area contributed by atoms with E-state index in [1.54, 1.807) is 0 Å². The normalized spacial score (nSPS) is 12.1. The molecule has 57 heavy (non-hydrogen) atoms. The van der Waals surface area contributed by atoms with Gasteiger partial charge in [-0.3, -0.25) is 14.4 Å². The lowest BCUT2D eigenvalue weighted by Crippen LogP contribution is -2.30. The molecule has 1 atom stereocenters. The Morgan fingerprint density at radius 1 is 0.333 bits per heavy atom. The molecule has 0 aromatic rings. The summed E-state index contributed by atoms with van der Waals surface area (Å²) in [7, 11) is 0. The minimum atomic E-state index is -0.761. The second kappa shape index (κ2) is 44.0. The highest BCUT2D eigenvalue weighted by Crippen LogP contribution is 2.17. The Bertz CT molecular complexity index is 870. The maximum absolute atomic E-state index is 12.7. The van der Waals surface area contributed by atoms with Crippen LogP contribution in [0, 0.1) is 11.8 Å². The van der Waals surface area contributed by atoms with E-state index in [1.807, 2.05) is 0 Å². The first-order valence-corrected chi connectivity index (χ1v) is 25.2. The van der Waals surface area contributed by atoms with Gasteiger partial charge in [-0.1, -0.05) is 240 Å². The van der Waals surface area contributed by atoms with Crippen LogP contribution in [0.1, 0.15) is 279 Å². The van der Waals surface area contributed by atoms with Gasteiger partial charge in [0.1, 0.15) is 13.2 Å². The van der Waals surface area contributed by atoms with Gasteiger partial charge in [-0.2, -0.15) is 0 Å². The predicted octanol–water partition coefficient (Wildman–Crippen LogP) is 16.1. The van der Waals surface area contributed by atoms with Crippen molar-refractivity contribution in [3.05, 3.63) is 0 Å². The van der Waals surface area contributed by atoms with Crippen LogP contribution in [0.5, 0.6) is 0 Å². The van der Waals surface area contributed by atoms with Crippen molar-refractivity contribution in [2.45, 2.75) is 285 Å². The Morgan fingerprint density at radius 2 is 0.579 bits per heavy atom. The zero-order valence-corrected chi connectivity index (χ0v) is 39.0. The molecule has 0 spiro atoms. The molecule has 0 aromatic carbocycles. The first kappa shape index (κ1) is 55.4. The highest BCUT2D eigenvalue weighted by atomic mass is 16.6. The SMILES string of the molecule is CCCCCCCCCCCCCCCC(=O)OC[C@@H](COC(=O)CCCCCCCCCCCCCCCC(C)C)OC(=O)CCCCCCCCCC(C)C. The summed E-state index contributed by atoms with van der Waals surface area (Å²) in [5, 5.41) is 0. The molecule has 0 fully saturated rings. The van der Waals surface area contributed by atoms with E-state index < -0.39 is 6.10 Å². The van der Waals surface area contributed by atoms with E-state index in [9.17, 15) is 14.4 Å². The number of hydrogen-bond donors (Lipinski definition) is 0. The van der Waals surface area contributed by atoms with E-state index in [2.05, 4.69) is 34.6 Å². The first-order valence-electron chi connectivity index (χ1n) is 25.2. The summed E-state index contributed by atoms with van der Waals surface area (Å²) >= 11 is 0. The second-order valence-electron chi connectivity index (χ2n) is 18.4. The summed E-state index contributed by atoms with van der Waals surface area (Å²) in [5.74, 6) is 0.765. The lowest BCUT2D eigenvalue weighted by atomic mass is 10.0. The molecule has 0 N–H and O–H groups in total. The average molecular weight is 807 g/mol. The fourth-order valence-corrected chi connectivity index (χ4v) is 7.64. The molecule has 0 aliphatic carbocycles. The third kappa shape index (κ3) is 45.3. The van der Waals surface area contributed by atoms with Crippen molar-refractivity contribution in [1.29, 1.82) is 0 Å². The van der Waals surface area contributed by atoms with Crippen LogP contribution < -0.4 is 0 Å². The summed E-state index contributed by atoms with van der Waals surface area (Å²) in [4.78, 5) is 37.8. The molecule has 6 heteroatoms. The van der Waals surface area contributed by atoms with E-state index in [0.29, 0.717) is 19.3 Å². The van der Waals surface area contributed by atoms with Crippen molar-refractivity contribution < 1.29 is 28.6 Å². The van der Waals surface area contributed by atoms with Crippen molar-refractivity contribution >= 4 is 17.9 Å². The molecule has 0 bridgehead atoms. The Morgan fingerprint density at radius 3 is 0.860 bits per heavy atom. The first-order chi connectivity index (χ1) is 27.7. The zero-order valence-electron chi connectivity index (χ0n) is 39.0. The van der Waals surface area contributed by atoms with Crippen LogP contribution in [0.15, 0.2) is 0 Å². The van der Waals surface area contributed by atoms with Crippen molar-refractivity contribution in [1.82, 2.24) is 0 Å². The number of carbonyl (C=O) groups excluding carboxylic acids is 3. The van der Waals surface area contributed by atoms with Crippen molar-refractivity contribution in [2.24, 2.45) is 11.8 Å². The monoisotopic (exact) mass is 807 g/mol. The predicted molar refractivity (Wildman–Crippen MR) is 243 cm³/mol. The zero-order chi connectivity index (χ0) is 41.9. The Kier molecular flexibility index (Phi) is 42.7. The van der Waals surface area contributed by atoms with Crippen LogP contribution in [0.2, 0.25) is 0 Å². The van der Waals surface area contributed by atoms with Gasteiger partial charge in [-0.05, 0) is 31.1 Å². The molecular weight excluding hydrogens is 709 g/mol. The summed E-state index contributed by atoms with van der Waals surface area (Å²) in [5.41, 5.74) is 0. The summed E-state index contributed by atoms with van der Waals surface area (Å²) < 4.78 is 16.8. The lowest BCUT2D eigenvalue weighted by molar-refractivity contribution is -0.167. The third-order valence-corrected chi connectivity index (χ3v) is 11.5. The van der Waals surface area contributed by atoms with E-state index in [4.69, 9.17) is 14.2 Å². The highest BCUT2D eigenvalue weighted by molar-refractivity contribution is 5.71. The molecule has 0 amide bonds. The van der Waals surface area contributed by atoms with Gasteiger partial charge in [0.25, 0.3) is 0 Å². The summed E-state index contributed by atoms with van der Waals surface area (Å²) in [6.45, 7) is 11.3. The van der Waals surface area contributed by atoms with E-state index in [-0.39, 0.29) is 31.1 Å². The molecule has 0 saturated carbocycles. The molecule has 0 aromatic heterocycles. The quantitative estimate of drug-likeness (QED) is 0.0346.